The van der Waals surface area contributed by atoms with Crippen molar-refractivity contribution in [2.75, 3.05) is 7.11 Å². The Balaban J connectivity index is 1.97. The zero-order valence-corrected chi connectivity index (χ0v) is 11.8. The van der Waals surface area contributed by atoms with Gasteiger partial charge >= 0.3 is 0 Å². The van der Waals surface area contributed by atoms with E-state index in [1.54, 1.807) is 7.11 Å². The summed E-state index contributed by atoms with van der Waals surface area (Å²) in [6.07, 6.45) is 5.58. The number of ether oxygens (including phenoxy) is 2. The molecule has 0 saturated heterocycles. The molecule has 1 heterocycles. The summed E-state index contributed by atoms with van der Waals surface area (Å²) in [6.45, 7) is 2.09. The van der Waals surface area contributed by atoms with Crippen molar-refractivity contribution in [3.8, 4) is 5.75 Å². The lowest BCUT2D eigenvalue weighted by Crippen LogP contribution is -2.54. The summed E-state index contributed by atoms with van der Waals surface area (Å²) >= 11 is 0. The molecule has 3 nitrogen and oxygen atoms in total. The van der Waals surface area contributed by atoms with E-state index in [2.05, 4.69) is 25.1 Å². The molecule has 1 aliphatic carbocycles. The number of hydrogen-bond acceptors (Lipinski definition) is 3. The summed E-state index contributed by atoms with van der Waals surface area (Å²) < 4.78 is 12.1. The van der Waals surface area contributed by atoms with Crippen LogP contribution in [0.15, 0.2) is 18.2 Å². The first-order valence-electron chi connectivity index (χ1n) is 7.22. The van der Waals surface area contributed by atoms with E-state index in [1.165, 1.54) is 18.4 Å². The van der Waals surface area contributed by atoms with Crippen LogP contribution in [-0.4, -0.2) is 18.8 Å². The number of hydrogen-bond donors (Lipinski definition) is 1. The van der Waals surface area contributed by atoms with E-state index in [1.807, 2.05) is 0 Å². The molecule has 104 valence electrons. The second-order valence-electron chi connectivity index (χ2n) is 5.99. The van der Waals surface area contributed by atoms with Crippen LogP contribution in [0.4, 0.5) is 0 Å². The fourth-order valence-electron chi connectivity index (χ4n) is 3.65. The van der Waals surface area contributed by atoms with Crippen LogP contribution in [0.3, 0.4) is 0 Å². The number of methoxy groups -OCH3 is 1. The second-order valence-corrected chi connectivity index (χ2v) is 5.99. The largest absolute Gasteiger partial charge is 0.484 e. The minimum absolute atomic E-state index is 0.0550. The highest BCUT2D eigenvalue weighted by atomic mass is 16.5. The predicted octanol–water partition coefficient (Wildman–Crippen LogP) is 3.11. The molecule has 1 aromatic rings. The molecule has 0 radical (unpaired) electrons. The van der Waals surface area contributed by atoms with Gasteiger partial charge in [-0.05, 0) is 32.3 Å². The summed E-state index contributed by atoms with van der Waals surface area (Å²) in [5.74, 6) is 0.952. The summed E-state index contributed by atoms with van der Waals surface area (Å²) in [5, 5.41) is 0. The van der Waals surface area contributed by atoms with Gasteiger partial charge in [0.1, 0.15) is 11.4 Å². The molecule has 3 atom stereocenters. The van der Waals surface area contributed by atoms with Crippen molar-refractivity contribution in [3.63, 3.8) is 0 Å². The smallest absolute Gasteiger partial charge is 0.137 e. The molecule has 0 aromatic heterocycles. The molecule has 1 saturated carbocycles. The standard InChI is InChI=1S/C16H23NO2/c1-11-6-7-14-12(9-11)13(17)10-16(19-14)8-4-3-5-15(16)18-2/h6-7,9,13,15H,3-5,8,10,17H2,1-2H3/t13-,15?,16?/m1/s1. The molecule has 2 N–H and O–H groups in total. The topological polar surface area (TPSA) is 44.5 Å². The molecule has 3 rings (SSSR count). The molecule has 0 amide bonds. The molecule has 1 fully saturated rings. The van der Waals surface area contributed by atoms with Crippen molar-refractivity contribution in [2.24, 2.45) is 5.73 Å². The molecular formula is C16H23NO2. The summed E-state index contributed by atoms with van der Waals surface area (Å²) in [6, 6.07) is 6.36. The average molecular weight is 261 g/mol. The Morgan fingerprint density at radius 1 is 1.37 bits per heavy atom. The van der Waals surface area contributed by atoms with Crippen LogP contribution in [0.2, 0.25) is 0 Å². The zero-order chi connectivity index (χ0) is 13.5. The van der Waals surface area contributed by atoms with Gasteiger partial charge < -0.3 is 15.2 Å². The van der Waals surface area contributed by atoms with Crippen LogP contribution in [-0.2, 0) is 4.74 Å². The van der Waals surface area contributed by atoms with E-state index in [9.17, 15) is 0 Å². The van der Waals surface area contributed by atoms with Gasteiger partial charge in [-0.15, -0.1) is 0 Å². The van der Waals surface area contributed by atoms with Crippen LogP contribution in [0, 0.1) is 6.92 Å². The number of nitrogens with two attached hydrogens (primary N) is 1. The summed E-state index contributed by atoms with van der Waals surface area (Å²) in [7, 11) is 1.79. The Kier molecular flexibility index (Phi) is 3.27. The fourth-order valence-corrected chi connectivity index (χ4v) is 3.65. The van der Waals surface area contributed by atoms with Crippen molar-refractivity contribution in [1.29, 1.82) is 0 Å². The first-order valence-corrected chi connectivity index (χ1v) is 7.22. The molecule has 0 bridgehead atoms. The van der Waals surface area contributed by atoms with Crippen LogP contribution in [0.1, 0.15) is 49.3 Å². The molecule has 2 aliphatic rings. The molecule has 3 heteroatoms. The Morgan fingerprint density at radius 3 is 3.00 bits per heavy atom. The Hall–Kier alpha value is -1.06. The van der Waals surface area contributed by atoms with E-state index in [-0.39, 0.29) is 17.7 Å². The average Bonchev–Trinajstić information content (AvgIpc) is 2.40. The van der Waals surface area contributed by atoms with Gasteiger partial charge in [-0.25, -0.2) is 0 Å². The maximum Gasteiger partial charge on any atom is 0.137 e. The number of aryl methyl sites for hydroxylation is 1. The van der Waals surface area contributed by atoms with Gasteiger partial charge in [-0.1, -0.05) is 24.1 Å². The van der Waals surface area contributed by atoms with Crippen molar-refractivity contribution in [2.45, 2.75) is 56.8 Å². The fraction of sp³-hybridized carbons (Fsp3) is 0.625. The Labute approximate surface area is 115 Å². The molecular weight excluding hydrogens is 238 g/mol. The third-order valence-electron chi connectivity index (χ3n) is 4.63. The van der Waals surface area contributed by atoms with Crippen LogP contribution >= 0.6 is 0 Å². The molecule has 1 aliphatic heterocycles. The first-order chi connectivity index (χ1) is 9.14. The Morgan fingerprint density at radius 2 is 2.21 bits per heavy atom. The minimum Gasteiger partial charge on any atom is -0.484 e. The number of benzene rings is 1. The third kappa shape index (κ3) is 2.15. The quantitative estimate of drug-likeness (QED) is 0.844. The normalized spacial score (nSPS) is 33.8. The highest BCUT2D eigenvalue weighted by Crippen LogP contribution is 2.46. The van der Waals surface area contributed by atoms with Gasteiger partial charge in [-0.3, -0.25) is 0 Å². The van der Waals surface area contributed by atoms with Crippen molar-refractivity contribution >= 4 is 0 Å². The van der Waals surface area contributed by atoms with Gasteiger partial charge in [0.25, 0.3) is 0 Å². The Bertz CT molecular complexity index is 474. The predicted molar refractivity (Wildman–Crippen MR) is 75.3 cm³/mol. The van der Waals surface area contributed by atoms with Gasteiger partial charge in [-0.2, -0.15) is 0 Å². The van der Waals surface area contributed by atoms with Gasteiger partial charge in [0.2, 0.25) is 0 Å². The van der Waals surface area contributed by atoms with E-state index < -0.39 is 0 Å². The van der Waals surface area contributed by atoms with Crippen molar-refractivity contribution in [3.05, 3.63) is 29.3 Å². The van der Waals surface area contributed by atoms with E-state index in [4.69, 9.17) is 15.2 Å². The molecule has 1 spiro atoms. The van der Waals surface area contributed by atoms with Crippen LogP contribution in [0.5, 0.6) is 5.75 Å². The SMILES string of the molecule is COC1CCCCC12C[C@@H](N)c1cc(C)ccc1O2. The van der Waals surface area contributed by atoms with Crippen LogP contribution in [0.25, 0.3) is 0 Å². The third-order valence-corrected chi connectivity index (χ3v) is 4.63. The highest BCUT2D eigenvalue weighted by molar-refractivity contribution is 5.41. The maximum atomic E-state index is 6.40. The summed E-state index contributed by atoms with van der Waals surface area (Å²) in [4.78, 5) is 0. The van der Waals surface area contributed by atoms with E-state index >= 15 is 0 Å². The lowest BCUT2D eigenvalue weighted by Gasteiger charge is -2.47. The second kappa shape index (κ2) is 4.80. The van der Waals surface area contributed by atoms with Crippen molar-refractivity contribution in [1.82, 2.24) is 0 Å². The van der Waals surface area contributed by atoms with Crippen LogP contribution < -0.4 is 10.5 Å². The molecule has 1 aromatic carbocycles. The van der Waals surface area contributed by atoms with E-state index in [0.29, 0.717) is 0 Å². The van der Waals surface area contributed by atoms with E-state index in [0.717, 1.165) is 30.6 Å². The van der Waals surface area contributed by atoms with Gasteiger partial charge in [0, 0.05) is 25.1 Å². The maximum absolute atomic E-state index is 6.40. The lowest BCUT2D eigenvalue weighted by molar-refractivity contribution is -0.114. The highest BCUT2D eigenvalue weighted by Gasteiger charge is 2.47. The number of rotatable bonds is 1. The first kappa shape index (κ1) is 12.9. The minimum atomic E-state index is -0.214. The summed E-state index contributed by atoms with van der Waals surface area (Å²) in [5.41, 5.74) is 8.57. The van der Waals surface area contributed by atoms with Gasteiger partial charge in [0.05, 0.1) is 6.10 Å². The monoisotopic (exact) mass is 261 g/mol. The number of fused-ring (bicyclic) bond motifs is 1. The van der Waals surface area contributed by atoms with Gasteiger partial charge in [0.15, 0.2) is 0 Å². The zero-order valence-electron chi connectivity index (χ0n) is 11.8. The molecule has 2 unspecified atom stereocenters. The lowest BCUT2D eigenvalue weighted by atomic mass is 9.75. The molecule has 19 heavy (non-hydrogen) atoms. The van der Waals surface area contributed by atoms with Crippen molar-refractivity contribution < 1.29 is 9.47 Å².